The zero-order chi connectivity index (χ0) is 13.1. The Hall–Kier alpha value is -1.94. The molecule has 1 N–H and O–H groups in total. The van der Waals surface area contributed by atoms with Gasteiger partial charge in [-0.25, -0.2) is 0 Å². The molecule has 1 heterocycles. The fourth-order valence-corrected chi connectivity index (χ4v) is 2.23. The maximum Gasteiger partial charge on any atom is 0.297 e. The average Bonchev–Trinajstić information content (AvgIpc) is 2.86. The van der Waals surface area contributed by atoms with Crippen LogP contribution in [0.3, 0.4) is 0 Å². The molecule has 0 unspecified atom stereocenters. The van der Waals surface area contributed by atoms with Gasteiger partial charge in [-0.3, -0.25) is 9.59 Å². The molecule has 2 rings (SSSR count). The number of amides is 1. The summed E-state index contributed by atoms with van der Waals surface area (Å²) in [6.45, 7) is 3.83. The number of ketones is 1. The quantitative estimate of drug-likeness (QED) is 0.679. The Balaban J connectivity index is 2.17. The molecule has 0 fully saturated rings. The molecule has 3 nitrogen and oxygen atoms in total. The number of carbonyl (C=O) groups is 2. The van der Waals surface area contributed by atoms with Crippen molar-refractivity contribution in [3.05, 3.63) is 51.7 Å². The van der Waals surface area contributed by atoms with Crippen LogP contribution < -0.4 is 5.32 Å². The van der Waals surface area contributed by atoms with E-state index in [4.69, 9.17) is 0 Å². The van der Waals surface area contributed by atoms with Crippen LogP contribution in [-0.2, 0) is 4.79 Å². The van der Waals surface area contributed by atoms with Gasteiger partial charge >= 0.3 is 0 Å². The molecule has 92 valence electrons. The van der Waals surface area contributed by atoms with E-state index in [1.165, 1.54) is 11.3 Å². The second-order valence-electron chi connectivity index (χ2n) is 4.08. The van der Waals surface area contributed by atoms with Crippen molar-refractivity contribution in [2.24, 2.45) is 0 Å². The highest BCUT2D eigenvalue weighted by Crippen LogP contribution is 2.17. The van der Waals surface area contributed by atoms with Crippen molar-refractivity contribution in [2.45, 2.75) is 13.8 Å². The first kappa shape index (κ1) is 12.5. The van der Waals surface area contributed by atoms with E-state index in [1.807, 2.05) is 32.0 Å². The van der Waals surface area contributed by atoms with E-state index in [1.54, 1.807) is 17.5 Å². The minimum atomic E-state index is -0.592. The highest BCUT2D eigenvalue weighted by molar-refractivity contribution is 7.13. The van der Waals surface area contributed by atoms with E-state index in [9.17, 15) is 9.59 Å². The van der Waals surface area contributed by atoms with Gasteiger partial charge in [0.15, 0.2) is 0 Å². The van der Waals surface area contributed by atoms with Gasteiger partial charge in [0.25, 0.3) is 11.7 Å². The zero-order valence-electron chi connectivity index (χ0n) is 10.2. The standard InChI is InChI=1S/C14H13NO2S/c1-9-5-6-10(2)11(8-9)15-14(17)13(16)12-4-3-7-18-12/h3-8H,1-2H3,(H,15,17). The molecule has 0 aliphatic rings. The van der Waals surface area contributed by atoms with Crippen LogP contribution in [0.1, 0.15) is 20.8 Å². The largest absolute Gasteiger partial charge is 0.319 e. The molecule has 4 heteroatoms. The normalized spacial score (nSPS) is 10.1. The van der Waals surface area contributed by atoms with E-state index in [0.29, 0.717) is 10.6 Å². The monoisotopic (exact) mass is 259 g/mol. The second kappa shape index (κ2) is 5.14. The van der Waals surface area contributed by atoms with Gasteiger partial charge in [0.2, 0.25) is 0 Å². The maximum absolute atomic E-state index is 11.8. The number of Topliss-reactive ketones (excluding diaryl/α,β-unsaturated/α-hetero) is 1. The van der Waals surface area contributed by atoms with Crippen LogP contribution in [0.15, 0.2) is 35.7 Å². The Morgan fingerprint density at radius 3 is 2.61 bits per heavy atom. The van der Waals surface area contributed by atoms with Crippen LogP contribution in [0.4, 0.5) is 5.69 Å². The fourth-order valence-electron chi connectivity index (χ4n) is 1.57. The highest BCUT2D eigenvalue weighted by atomic mass is 32.1. The summed E-state index contributed by atoms with van der Waals surface area (Å²) >= 11 is 1.27. The Bertz CT molecular complexity index is 588. The van der Waals surface area contributed by atoms with Crippen LogP contribution in [0.2, 0.25) is 0 Å². The van der Waals surface area contributed by atoms with Crippen LogP contribution in [-0.4, -0.2) is 11.7 Å². The summed E-state index contributed by atoms with van der Waals surface area (Å²) in [7, 11) is 0. The number of anilines is 1. The van der Waals surface area contributed by atoms with E-state index < -0.39 is 11.7 Å². The van der Waals surface area contributed by atoms with Crippen LogP contribution >= 0.6 is 11.3 Å². The van der Waals surface area contributed by atoms with E-state index in [-0.39, 0.29) is 0 Å². The van der Waals surface area contributed by atoms with Gasteiger partial charge in [-0.05, 0) is 42.5 Å². The molecule has 0 saturated heterocycles. The molecule has 0 aliphatic heterocycles. The van der Waals surface area contributed by atoms with E-state index >= 15 is 0 Å². The van der Waals surface area contributed by atoms with Crippen LogP contribution in [0.5, 0.6) is 0 Å². The Morgan fingerprint density at radius 2 is 1.94 bits per heavy atom. The average molecular weight is 259 g/mol. The third-order valence-electron chi connectivity index (χ3n) is 2.59. The van der Waals surface area contributed by atoms with Gasteiger partial charge in [0, 0.05) is 5.69 Å². The van der Waals surface area contributed by atoms with Crippen LogP contribution in [0.25, 0.3) is 0 Å². The molecule has 1 aromatic heterocycles. The summed E-state index contributed by atoms with van der Waals surface area (Å²) in [6, 6.07) is 9.14. The van der Waals surface area contributed by atoms with Gasteiger partial charge in [-0.1, -0.05) is 18.2 Å². The molecule has 0 saturated carbocycles. The van der Waals surface area contributed by atoms with Crippen molar-refractivity contribution in [1.29, 1.82) is 0 Å². The molecule has 0 bridgehead atoms. The Kier molecular flexibility index (Phi) is 3.58. The minimum absolute atomic E-state index is 0.456. The fraction of sp³-hybridized carbons (Fsp3) is 0.143. The molecule has 0 aliphatic carbocycles. The molecule has 0 radical (unpaired) electrons. The number of aryl methyl sites for hydroxylation is 2. The molecule has 1 amide bonds. The number of hydrogen-bond donors (Lipinski definition) is 1. The van der Waals surface area contributed by atoms with Crippen LogP contribution in [0, 0.1) is 13.8 Å². The predicted octanol–water partition coefficient (Wildman–Crippen LogP) is 3.19. The summed E-state index contributed by atoms with van der Waals surface area (Å²) in [4.78, 5) is 24.1. The predicted molar refractivity (Wildman–Crippen MR) is 73.2 cm³/mol. The lowest BCUT2D eigenvalue weighted by molar-refractivity contribution is -0.112. The van der Waals surface area contributed by atoms with Gasteiger partial charge in [0.1, 0.15) is 0 Å². The van der Waals surface area contributed by atoms with Crippen molar-refractivity contribution in [3.63, 3.8) is 0 Å². The lowest BCUT2D eigenvalue weighted by Crippen LogP contribution is -2.22. The zero-order valence-corrected chi connectivity index (χ0v) is 11.0. The Morgan fingerprint density at radius 1 is 1.17 bits per heavy atom. The van der Waals surface area contributed by atoms with Crippen molar-refractivity contribution in [2.75, 3.05) is 5.32 Å². The summed E-state index contributed by atoms with van der Waals surface area (Å²) < 4.78 is 0. The third-order valence-corrected chi connectivity index (χ3v) is 3.46. The summed E-state index contributed by atoms with van der Waals surface area (Å²) in [6.07, 6.45) is 0. The second-order valence-corrected chi connectivity index (χ2v) is 5.03. The van der Waals surface area contributed by atoms with Crippen molar-refractivity contribution < 1.29 is 9.59 Å². The SMILES string of the molecule is Cc1ccc(C)c(NC(=O)C(=O)c2cccs2)c1. The van der Waals surface area contributed by atoms with Crippen molar-refractivity contribution in [1.82, 2.24) is 0 Å². The van der Waals surface area contributed by atoms with Gasteiger partial charge in [-0.2, -0.15) is 0 Å². The summed E-state index contributed by atoms with van der Waals surface area (Å²) in [5, 5.41) is 4.43. The van der Waals surface area contributed by atoms with Gasteiger partial charge < -0.3 is 5.32 Å². The molecule has 18 heavy (non-hydrogen) atoms. The first-order chi connectivity index (χ1) is 8.58. The number of hydrogen-bond acceptors (Lipinski definition) is 3. The molecule has 0 atom stereocenters. The first-order valence-corrected chi connectivity index (χ1v) is 6.42. The first-order valence-electron chi connectivity index (χ1n) is 5.54. The molecule has 0 spiro atoms. The lowest BCUT2D eigenvalue weighted by Gasteiger charge is -2.08. The van der Waals surface area contributed by atoms with Gasteiger partial charge in [0.05, 0.1) is 4.88 Å². The number of carbonyl (C=O) groups excluding carboxylic acids is 2. The third kappa shape index (κ3) is 2.65. The van der Waals surface area contributed by atoms with Crippen molar-refractivity contribution in [3.8, 4) is 0 Å². The summed E-state index contributed by atoms with van der Waals surface area (Å²) in [5.41, 5.74) is 2.66. The highest BCUT2D eigenvalue weighted by Gasteiger charge is 2.17. The topological polar surface area (TPSA) is 46.2 Å². The Labute approximate surface area is 109 Å². The molecular weight excluding hydrogens is 246 g/mol. The van der Waals surface area contributed by atoms with Crippen molar-refractivity contribution >= 4 is 28.7 Å². The van der Waals surface area contributed by atoms with E-state index in [2.05, 4.69) is 5.32 Å². The molecule has 1 aromatic carbocycles. The van der Waals surface area contributed by atoms with E-state index in [0.717, 1.165) is 11.1 Å². The number of thiophene rings is 1. The molecular formula is C14H13NO2S. The minimum Gasteiger partial charge on any atom is -0.319 e. The lowest BCUT2D eigenvalue weighted by atomic mass is 10.1. The number of benzene rings is 1. The molecule has 2 aromatic rings. The number of nitrogens with one attached hydrogen (secondary N) is 1. The summed E-state index contributed by atoms with van der Waals surface area (Å²) in [5.74, 6) is -1.09. The van der Waals surface area contributed by atoms with Gasteiger partial charge in [-0.15, -0.1) is 11.3 Å². The number of rotatable bonds is 3. The smallest absolute Gasteiger partial charge is 0.297 e. The maximum atomic E-state index is 11.8.